The molecule has 3 aromatic rings. The zero-order valence-electron chi connectivity index (χ0n) is 20.4. The number of aryl methyl sites for hydroxylation is 2. The fourth-order valence-electron chi connectivity index (χ4n) is 3.79. The summed E-state index contributed by atoms with van der Waals surface area (Å²) in [5.41, 5.74) is 1.92. The van der Waals surface area contributed by atoms with Crippen LogP contribution in [0.4, 0.5) is 28.0 Å². The fourth-order valence-corrected chi connectivity index (χ4v) is 3.79. The maximum absolute atomic E-state index is 13.2. The van der Waals surface area contributed by atoms with Crippen LogP contribution in [0.3, 0.4) is 0 Å². The number of aliphatic hydroxyl groups is 1. The number of carbonyl (C=O) groups is 1. The van der Waals surface area contributed by atoms with E-state index < -0.39 is 30.9 Å². The van der Waals surface area contributed by atoms with Crippen molar-refractivity contribution in [3.05, 3.63) is 59.9 Å². The Kier molecular flexibility index (Phi) is 9.53. The van der Waals surface area contributed by atoms with Crippen molar-refractivity contribution in [2.45, 2.75) is 38.1 Å². The van der Waals surface area contributed by atoms with Gasteiger partial charge in [-0.1, -0.05) is 24.3 Å². The number of hydrogen-bond acceptors (Lipinski definition) is 6. The lowest BCUT2D eigenvalue weighted by molar-refractivity contribution is -0.154. The van der Waals surface area contributed by atoms with Gasteiger partial charge in [0.2, 0.25) is 0 Å². The molecular formula is C24H29F4N7O2. The van der Waals surface area contributed by atoms with E-state index in [1.54, 1.807) is 43.4 Å². The Balaban J connectivity index is 1.53. The average molecular weight is 524 g/mol. The number of carbonyl (C=O) groups excluding carboxylic acids is 1. The van der Waals surface area contributed by atoms with E-state index in [0.717, 1.165) is 10.5 Å². The molecule has 0 aliphatic carbocycles. The minimum atomic E-state index is -4.46. The van der Waals surface area contributed by atoms with Gasteiger partial charge in [-0.05, 0) is 66.6 Å². The van der Waals surface area contributed by atoms with Gasteiger partial charge < -0.3 is 15.7 Å². The van der Waals surface area contributed by atoms with Crippen molar-refractivity contribution in [3.63, 3.8) is 0 Å². The molecule has 0 aliphatic rings. The summed E-state index contributed by atoms with van der Waals surface area (Å²) in [6.07, 6.45) is -4.88. The molecule has 0 radical (unpaired) electrons. The third-order valence-electron chi connectivity index (χ3n) is 5.81. The Morgan fingerprint density at radius 2 is 1.92 bits per heavy atom. The normalized spacial score (nSPS) is 13.4. The number of amides is 2. The summed E-state index contributed by atoms with van der Waals surface area (Å²) < 4.78 is 54.1. The van der Waals surface area contributed by atoms with Gasteiger partial charge in [-0.25, -0.2) is 13.9 Å². The zero-order valence-corrected chi connectivity index (χ0v) is 20.4. The van der Waals surface area contributed by atoms with Crippen LogP contribution >= 0.6 is 0 Å². The number of anilines is 1. The van der Waals surface area contributed by atoms with E-state index in [0.29, 0.717) is 29.9 Å². The number of nitrogens with zero attached hydrogens (tertiary/aromatic N) is 5. The van der Waals surface area contributed by atoms with E-state index in [1.807, 2.05) is 0 Å². The molecule has 2 aromatic carbocycles. The van der Waals surface area contributed by atoms with Crippen molar-refractivity contribution in [1.29, 1.82) is 0 Å². The van der Waals surface area contributed by atoms with E-state index in [9.17, 15) is 27.5 Å². The topological polar surface area (TPSA) is 108 Å². The molecule has 1 aromatic heterocycles. The van der Waals surface area contributed by atoms with Gasteiger partial charge in [-0.3, -0.25) is 4.90 Å². The third-order valence-corrected chi connectivity index (χ3v) is 5.81. The molecule has 0 spiro atoms. The van der Waals surface area contributed by atoms with Gasteiger partial charge in [0.25, 0.3) is 0 Å². The molecular weight excluding hydrogens is 494 g/mol. The number of urea groups is 1. The highest BCUT2D eigenvalue weighted by atomic mass is 19.4. The molecule has 0 saturated heterocycles. The molecule has 200 valence electrons. The summed E-state index contributed by atoms with van der Waals surface area (Å²) in [5, 5.41) is 26.9. The van der Waals surface area contributed by atoms with E-state index in [1.165, 1.54) is 23.7 Å². The number of rotatable bonds is 11. The highest BCUT2D eigenvalue weighted by Crippen LogP contribution is 2.21. The fraction of sp³-hybridized carbons (Fsp3) is 0.417. The van der Waals surface area contributed by atoms with Crippen molar-refractivity contribution < 1.29 is 27.5 Å². The number of nitrogens with one attached hydrogen (secondary N) is 2. The quantitative estimate of drug-likeness (QED) is 0.333. The van der Waals surface area contributed by atoms with Gasteiger partial charge in [0, 0.05) is 30.9 Å². The van der Waals surface area contributed by atoms with Gasteiger partial charge in [-0.15, -0.1) is 5.10 Å². The second kappa shape index (κ2) is 12.6. The Morgan fingerprint density at radius 3 is 2.57 bits per heavy atom. The first kappa shape index (κ1) is 28.0. The summed E-state index contributed by atoms with van der Waals surface area (Å²) in [6.45, 7) is 0.0774. The lowest BCUT2D eigenvalue weighted by atomic mass is 10.1. The number of benzene rings is 2. The van der Waals surface area contributed by atoms with E-state index in [4.69, 9.17) is 0 Å². The summed E-state index contributed by atoms with van der Waals surface area (Å²) in [7, 11) is 1.68. The molecule has 37 heavy (non-hydrogen) atoms. The summed E-state index contributed by atoms with van der Waals surface area (Å²) in [4.78, 5) is 13.5. The van der Waals surface area contributed by atoms with Gasteiger partial charge in [0.05, 0.1) is 12.6 Å². The minimum absolute atomic E-state index is 0.0605. The first-order valence-corrected chi connectivity index (χ1v) is 11.6. The molecule has 0 saturated carbocycles. The van der Waals surface area contributed by atoms with Crippen molar-refractivity contribution in [2.75, 3.05) is 25.0 Å². The Bertz CT molecular complexity index is 1150. The van der Waals surface area contributed by atoms with E-state index >= 15 is 0 Å². The van der Waals surface area contributed by atoms with Gasteiger partial charge >= 0.3 is 12.2 Å². The van der Waals surface area contributed by atoms with E-state index in [-0.39, 0.29) is 18.9 Å². The molecule has 2 amide bonds. The van der Waals surface area contributed by atoms with Crippen LogP contribution in [0.1, 0.15) is 18.9 Å². The number of aliphatic hydroxyl groups excluding tert-OH is 1. The monoisotopic (exact) mass is 523 g/mol. The number of tetrazole rings is 1. The van der Waals surface area contributed by atoms with Crippen LogP contribution in [0.15, 0.2) is 48.5 Å². The lowest BCUT2D eigenvalue weighted by Gasteiger charge is -2.33. The second-order valence-electron chi connectivity index (χ2n) is 8.67. The van der Waals surface area contributed by atoms with Crippen LogP contribution in [0.2, 0.25) is 0 Å². The smallest absolute Gasteiger partial charge is 0.390 e. The van der Waals surface area contributed by atoms with Crippen LogP contribution in [0, 0.1) is 5.82 Å². The third kappa shape index (κ3) is 8.79. The standard InChI is InChI=1S/C24H29F4N7O2/c1-16(35(15-24(26,27)28)12-4-5-17-8-10-19(25)11-9-17)21(36)14-29-23(37)30-20-7-3-6-18(13-20)22-31-32-33-34(22)2/h3,6-11,13,16,21,36H,4-5,12,14-15H2,1-2H3,(H2,29,30,37). The van der Waals surface area contributed by atoms with Gasteiger partial charge in [0.15, 0.2) is 5.82 Å². The first-order valence-electron chi connectivity index (χ1n) is 11.6. The predicted octanol–water partition coefficient (Wildman–Crippen LogP) is 3.38. The van der Waals surface area contributed by atoms with Crippen LogP contribution < -0.4 is 10.6 Å². The van der Waals surface area contributed by atoms with Crippen molar-refractivity contribution in [2.24, 2.45) is 7.05 Å². The molecule has 9 nitrogen and oxygen atoms in total. The highest BCUT2D eigenvalue weighted by Gasteiger charge is 2.34. The number of alkyl halides is 3. The Hall–Kier alpha value is -3.58. The lowest BCUT2D eigenvalue weighted by Crippen LogP contribution is -2.50. The SMILES string of the molecule is CC(C(O)CNC(=O)Nc1cccc(-c2nnnn2C)c1)N(CCCc1ccc(F)cc1)CC(F)(F)F. The van der Waals surface area contributed by atoms with Gasteiger partial charge in [0.1, 0.15) is 5.82 Å². The van der Waals surface area contributed by atoms with Crippen molar-refractivity contribution in [1.82, 2.24) is 30.4 Å². The maximum atomic E-state index is 13.2. The zero-order chi connectivity index (χ0) is 27.0. The van der Waals surface area contributed by atoms with Crippen LogP contribution in [-0.4, -0.2) is 74.2 Å². The molecule has 3 N–H and O–H groups in total. The molecule has 0 bridgehead atoms. The molecule has 3 rings (SSSR count). The van der Waals surface area contributed by atoms with Crippen molar-refractivity contribution in [3.8, 4) is 11.4 Å². The van der Waals surface area contributed by atoms with Crippen LogP contribution in [-0.2, 0) is 13.5 Å². The predicted molar refractivity (Wildman–Crippen MR) is 129 cm³/mol. The molecule has 1 heterocycles. The molecule has 2 unspecified atom stereocenters. The number of hydrogen-bond donors (Lipinski definition) is 3. The molecule has 2 atom stereocenters. The highest BCUT2D eigenvalue weighted by molar-refractivity contribution is 5.89. The molecule has 0 aliphatic heterocycles. The van der Waals surface area contributed by atoms with Crippen LogP contribution in [0.5, 0.6) is 0 Å². The largest absolute Gasteiger partial charge is 0.401 e. The van der Waals surface area contributed by atoms with Crippen LogP contribution in [0.25, 0.3) is 11.4 Å². The summed E-state index contributed by atoms with van der Waals surface area (Å²) >= 11 is 0. The Labute approximate surface area is 211 Å². The summed E-state index contributed by atoms with van der Waals surface area (Å²) in [5.74, 6) is 0.114. The first-order chi connectivity index (χ1) is 17.5. The minimum Gasteiger partial charge on any atom is -0.390 e. The maximum Gasteiger partial charge on any atom is 0.401 e. The Morgan fingerprint density at radius 1 is 1.19 bits per heavy atom. The average Bonchev–Trinajstić information content (AvgIpc) is 3.28. The number of halogens is 4. The second-order valence-corrected chi connectivity index (χ2v) is 8.67. The molecule has 13 heteroatoms. The number of aromatic nitrogens is 4. The van der Waals surface area contributed by atoms with Crippen molar-refractivity contribution >= 4 is 11.7 Å². The van der Waals surface area contributed by atoms with E-state index in [2.05, 4.69) is 26.2 Å². The summed E-state index contributed by atoms with van der Waals surface area (Å²) in [6, 6.07) is 11.1. The van der Waals surface area contributed by atoms with Gasteiger partial charge in [-0.2, -0.15) is 13.2 Å². The molecule has 0 fully saturated rings.